The van der Waals surface area contributed by atoms with Crippen molar-refractivity contribution in [2.45, 2.75) is 18.4 Å². The number of hydrogen-bond acceptors (Lipinski definition) is 5. The molecule has 0 saturated carbocycles. The fourth-order valence-corrected chi connectivity index (χ4v) is 3.06. The molecule has 21 heavy (non-hydrogen) atoms. The Morgan fingerprint density at radius 1 is 1.33 bits per heavy atom. The molecule has 3 heterocycles. The Morgan fingerprint density at radius 2 is 2.05 bits per heavy atom. The summed E-state index contributed by atoms with van der Waals surface area (Å²) in [5.74, 6) is 0.804. The number of hydrogen-bond donors (Lipinski definition) is 1. The maximum Gasteiger partial charge on any atom is 0.158 e. The zero-order valence-electron chi connectivity index (χ0n) is 11.5. The van der Waals surface area contributed by atoms with Gasteiger partial charge < -0.3 is 10.0 Å². The van der Waals surface area contributed by atoms with Crippen LogP contribution in [0.3, 0.4) is 0 Å². The number of aliphatic hydroxyl groups is 1. The summed E-state index contributed by atoms with van der Waals surface area (Å²) in [4.78, 5) is 10.4. The molecule has 0 atom stereocenters. The quantitative estimate of drug-likeness (QED) is 0.828. The first kappa shape index (κ1) is 14.4. The third kappa shape index (κ3) is 2.77. The van der Waals surface area contributed by atoms with Gasteiger partial charge in [0.1, 0.15) is 28.2 Å². The lowest BCUT2D eigenvalue weighted by Crippen LogP contribution is -2.44. The van der Waals surface area contributed by atoms with E-state index in [1.165, 1.54) is 18.5 Å². The van der Waals surface area contributed by atoms with Crippen LogP contribution in [0.4, 0.5) is 10.2 Å². The number of nitrogens with zero attached hydrogens (tertiary/aromatic N) is 5. The minimum atomic E-state index is -0.994. The second kappa shape index (κ2) is 5.34. The number of piperidine rings is 1. The van der Waals surface area contributed by atoms with Gasteiger partial charge in [-0.05, 0) is 15.9 Å². The number of halogens is 2. The van der Waals surface area contributed by atoms with Gasteiger partial charge in [0.25, 0.3) is 0 Å². The molecule has 8 heteroatoms. The molecule has 1 aliphatic rings. The number of pyridine rings is 1. The first-order valence-corrected chi connectivity index (χ1v) is 7.42. The van der Waals surface area contributed by atoms with Crippen molar-refractivity contribution < 1.29 is 9.50 Å². The molecule has 0 bridgehead atoms. The van der Waals surface area contributed by atoms with E-state index in [-0.39, 0.29) is 5.82 Å². The van der Waals surface area contributed by atoms with Gasteiger partial charge in [-0.2, -0.15) is 5.10 Å². The normalized spacial score (nSPS) is 18.0. The van der Waals surface area contributed by atoms with Crippen molar-refractivity contribution in [2.24, 2.45) is 7.05 Å². The van der Waals surface area contributed by atoms with Gasteiger partial charge in [-0.15, -0.1) is 0 Å². The second-order valence-electron chi connectivity index (χ2n) is 5.19. The van der Waals surface area contributed by atoms with E-state index >= 15 is 0 Å². The molecule has 0 radical (unpaired) electrons. The Bertz CT molecular complexity index is 634. The van der Waals surface area contributed by atoms with Crippen molar-refractivity contribution in [1.82, 2.24) is 19.7 Å². The van der Waals surface area contributed by atoms with Crippen LogP contribution in [-0.4, -0.2) is 37.9 Å². The Kier molecular flexibility index (Phi) is 3.66. The van der Waals surface area contributed by atoms with Crippen molar-refractivity contribution >= 4 is 21.7 Å². The number of anilines is 1. The summed E-state index contributed by atoms with van der Waals surface area (Å²) >= 11 is 3.19. The van der Waals surface area contributed by atoms with Crippen LogP contribution >= 0.6 is 15.9 Å². The van der Waals surface area contributed by atoms with Crippen LogP contribution in [0.25, 0.3) is 0 Å². The maximum absolute atomic E-state index is 13.4. The molecule has 0 unspecified atom stereocenters. The molecule has 3 rings (SSSR count). The molecule has 0 amide bonds. The fourth-order valence-electron chi connectivity index (χ4n) is 2.66. The molecule has 0 aromatic carbocycles. The van der Waals surface area contributed by atoms with E-state index < -0.39 is 5.60 Å². The average molecular weight is 356 g/mol. The molecule has 2 aromatic rings. The lowest BCUT2D eigenvalue weighted by atomic mass is 9.90. The molecule has 0 spiro atoms. The SMILES string of the molecule is Cn1ncnc1C1(O)CCN(c2cc(F)cc(Br)n2)CC1. The third-order valence-electron chi connectivity index (χ3n) is 3.79. The number of aromatic nitrogens is 4. The number of rotatable bonds is 2. The highest BCUT2D eigenvalue weighted by Gasteiger charge is 2.38. The van der Waals surface area contributed by atoms with Gasteiger partial charge in [0.2, 0.25) is 0 Å². The van der Waals surface area contributed by atoms with E-state index in [1.807, 2.05) is 4.90 Å². The Morgan fingerprint density at radius 3 is 2.62 bits per heavy atom. The second-order valence-corrected chi connectivity index (χ2v) is 6.00. The molecule has 1 fully saturated rings. The minimum Gasteiger partial charge on any atom is -0.382 e. The fraction of sp³-hybridized carbons (Fsp3) is 0.462. The van der Waals surface area contributed by atoms with E-state index in [9.17, 15) is 9.50 Å². The standard InChI is InChI=1S/C13H15BrFN5O/c1-19-12(16-8-17-19)13(21)2-4-20(5-3-13)11-7-9(15)6-10(14)18-11/h6-8,21H,2-5H2,1H3. The van der Waals surface area contributed by atoms with Crippen molar-refractivity contribution in [1.29, 1.82) is 0 Å². The van der Waals surface area contributed by atoms with Crippen LogP contribution < -0.4 is 4.90 Å². The highest BCUT2D eigenvalue weighted by molar-refractivity contribution is 9.10. The van der Waals surface area contributed by atoms with E-state index in [4.69, 9.17) is 0 Å². The lowest BCUT2D eigenvalue weighted by molar-refractivity contribution is -0.000184. The molecular formula is C13H15BrFN5O. The van der Waals surface area contributed by atoms with Gasteiger partial charge >= 0.3 is 0 Å². The van der Waals surface area contributed by atoms with E-state index in [2.05, 4.69) is 31.0 Å². The van der Waals surface area contributed by atoms with Gasteiger partial charge in [0.15, 0.2) is 5.82 Å². The van der Waals surface area contributed by atoms with Crippen molar-refractivity contribution in [3.63, 3.8) is 0 Å². The van der Waals surface area contributed by atoms with Gasteiger partial charge in [-0.25, -0.2) is 14.4 Å². The van der Waals surface area contributed by atoms with Gasteiger partial charge in [0, 0.05) is 45.1 Å². The van der Waals surface area contributed by atoms with E-state index in [1.54, 1.807) is 11.7 Å². The lowest BCUT2D eigenvalue weighted by Gasteiger charge is -2.37. The molecular weight excluding hydrogens is 341 g/mol. The van der Waals surface area contributed by atoms with E-state index in [0.29, 0.717) is 42.2 Å². The zero-order chi connectivity index (χ0) is 15.0. The van der Waals surface area contributed by atoms with Crippen molar-refractivity contribution in [3.05, 3.63) is 34.7 Å². The molecule has 0 aliphatic carbocycles. The summed E-state index contributed by atoms with van der Waals surface area (Å²) in [6.45, 7) is 1.15. The molecule has 112 valence electrons. The summed E-state index contributed by atoms with van der Waals surface area (Å²) in [5.41, 5.74) is -0.994. The van der Waals surface area contributed by atoms with E-state index in [0.717, 1.165) is 0 Å². The Labute approximate surface area is 129 Å². The zero-order valence-corrected chi connectivity index (χ0v) is 13.1. The maximum atomic E-state index is 13.4. The monoisotopic (exact) mass is 355 g/mol. The third-order valence-corrected chi connectivity index (χ3v) is 4.19. The molecule has 1 aliphatic heterocycles. The topological polar surface area (TPSA) is 67.1 Å². The van der Waals surface area contributed by atoms with Crippen LogP contribution in [0.15, 0.2) is 23.1 Å². The van der Waals surface area contributed by atoms with Crippen LogP contribution in [-0.2, 0) is 12.6 Å². The molecule has 1 saturated heterocycles. The van der Waals surface area contributed by atoms with Crippen molar-refractivity contribution in [2.75, 3.05) is 18.0 Å². The highest BCUT2D eigenvalue weighted by Crippen LogP contribution is 2.33. The predicted molar refractivity (Wildman–Crippen MR) is 78.2 cm³/mol. The summed E-state index contributed by atoms with van der Waals surface area (Å²) in [6, 6.07) is 2.72. The Balaban J connectivity index is 1.77. The van der Waals surface area contributed by atoms with Crippen LogP contribution in [0.1, 0.15) is 18.7 Å². The number of aryl methyl sites for hydroxylation is 1. The minimum absolute atomic E-state index is 0.332. The van der Waals surface area contributed by atoms with Crippen LogP contribution in [0, 0.1) is 5.82 Å². The van der Waals surface area contributed by atoms with Gasteiger partial charge in [-0.3, -0.25) is 4.68 Å². The smallest absolute Gasteiger partial charge is 0.158 e. The van der Waals surface area contributed by atoms with Crippen LogP contribution in [0.5, 0.6) is 0 Å². The van der Waals surface area contributed by atoms with Crippen LogP contribution in [0.2, 0.25) is 0 Å². The van der Waals surface area contributed by atoms with Crippen molar-refractivity contribution in [3.8, 4) is 0 Å². The first-order chi connectivity index (χ1) is 9.98. The average Bonchev–Trinajstić information content (AvgIpc) is 2.85. The predicted octanol–water partition coefficient (Wildman–Crippen LogP) is 1.60. The summed E-state index contributed by atoms with van der Waals surface area (Å²) in [5, 5.41) is 14.7. The molecule has 2 aromatic heterocycles. The highest BCUT2D eigenvalue weighted by atomic mass is 79.9. The largest absolute Gasteiger partial charge is 0.382 e. The Hall–Kier alpha value is -1.54. The first-order valence-electron chi connectivity index (χ1n) is 6.63. The van der Waals surface area contributed by atoms with Gasteiger partial charge in [0.05, 0.1) is 0 Å². The van der Waals surface area contributed by atoms with Gasteiger partial charge in [-0.1, -0.05) is 0 Å². The summed E-state index contributed by atoms with van der Waals surface area (Å²) in [6.07, 6.45) is 2.43. The molecule has 6 nitrogen and oxygen atoms in total. The molecule has 1 N–H and O–H groups in total. The summed E-state index contributed by atoms with van der Waals surface area (Å²) < 4.78 is 15.5. The summed E-state index contributed by atoms with van der Waals surface area (Å²) in [7, 11) is 1.76.